The number of carbonyl (C=O) groups excluding carboxylic acids is 4. The molecule has 1 saturated heterocycles. The summed E-state index contributed by atoms with van der Waals surface area (Å²) in [5, 5.41) is 23.9. The molecule has 0 aliphatic carbocycles. The maximum Gasteiger partial charge on any atom is 0.335 e. The van der Waals surface area contributed by atoms with Crippen molar-refractivity contribution < 1.29 is 39.0 Å². The van der Waals surface area contributed by atoms with Gasteiger partial charge in [-0.25, -0.2) is 14.4 Å². The van der Waals surface area contributed by atoms with Gasteiger partial charge in [-0.05, 0) is 36.4 Å². The van der Waals surface area contributed by atoms with Crippen molar-refractivity contribution in [3.05, 3.63) is 95.2 Å². The molecule has 45 heavy (non-hydrogen) atoms. The van der Waals surface area contributed by atoms with Crippen LogP contribution in [-0.4, -0.2) is 86.7 Å². The quantitative estimate of drug-likeness (QED) is 0.119. The highest BCUT2D eigenvalue weighted by Gasteiger charge is 2.30. The first-order valence-electron chi connectivity index (χ1n) is 13.4. The van der Waals surface area contributed by atoms with Crippen LogP contribution in [0.15, 0.2) is 72.9 Å². The Kier molecular flexibility index (Phi) is 9.60. The van der Waals surface area contributed by atoms with Crippen molar-refractivity contribution in [2.24, 2.45) is 0 Å². The molecule has 0 bridgehead atoms. The molecule has 0 atom stereocenters. The van der Waals surface area contributed by atoms with Crippen molar-refractivity contribution in [1.82, 2.24) is 14.8 Å². The number of rotatable bonds is 7. The van der Waals surface area contributed by atoms with Gasteiger partial charge in [0.05, 0.1) is 27.9 Å². The van der Waals surface area contributed by atoms with Crippen molar-refractivity contribution in [2.45, 2.75) is 0 Å². The number of terminal acetylenes is 1. The summed E-state index contributed by atoms with van der Waals surface area (Å²) < 4.78 is 0. The maximum absolute atomic E-state index is 13.2. The lowest BCUT2D eigenvalue weighted by molar-refractivity contribution is -0.127. The van der Waals surface area contributed by atoms with Crippen LogP contribution in [0.1, 0.15) is 41.4 Å². The van der Waals surface area contributed by atoms with Crippen LogP contribution < -0.4 is 10.6 Å². The number of aromatic nitrogens is 1. The van der Waals surface area contributed by atoms with E-state index in [0.29, 0.717) is 16.5 Å². The number of ketones is 1. The molecular weight excluding hydrogens is 582 g/mol. The fourth-order valence-corrected chi connectivity index (χ4v) is 4.81. The first-order chi connectivity index (χ1) is 21.6. The number of carboxylic acids is 2. The Labute approximate surface area is 256 Å². The molecule has 0 spiro atoms. The zero-order valence-corrected chi connectivity index (χ0v) is 23.6. The number of amides is 4. The number of H-pyrrole nitrogens is 1. The Morgan fingerprint density at radius 1 is 0.711 bits per heavy atom. The van der Waals surface area contributed by atoms with Gasteiger partial charge in [0, 0.05) is 49.0 Å². The predicted molar refractivity (Wildman–Crippen MR) is 164 cm³/mol. The highest BCUT2D eigenvalue weighted by atomic mass is 16.4. The number of hydrogen-bond acceptors (Lipinski definition) is 6. The molecule has 1 aromatic heterocycles. The number of aromatic carboxylic acids is 2. The second kappa shape index (κ2) is 13.7. The van der Waals surface area contributed by atoms with Crippen LogP contribution >= 0.6 is 0 Å². The van der Waals surface area contributed by atoms with Gasteiger partial charge in [0.1, 0.15) is 0 Å². The minimum absolute atomic E-state index is 0.0551. The number of urea groups is 1. The Balaban J connectivity index is 0.00000226. The van der Waals surface area contributed by atoms with E-state index in [9.17, 15) is 39.0 Å². The zero-order valence-electron chi connectivity index (χ0n) is 23.6. The standard InChI is InChI=1S/C30H25N5O8.C2H2/c36-25(27(38)35-11-9-34(10-12-35)26(37)17-5-2-1-3-6-17)22-16-31-24-21(22)7-4-8-23(24)33-30(43)32-20-14-18(28(39)40)13-19(15-20)29(41)42;1-2/h1-8,13-16,31H,9-12H2,(H,39,40)(H,41,42)(H2,32,33,43);1-2H. The van der Waals surface area contributed by atoms with Gasteiger partial charge >= 0.3 is 18.0 Å². The number of carboxylic acid groups (broad SMARTS) is 2. The summed E-state index contributed by atoms with van der Waals surface area (Å²) >= 11 is 0. The highest BCUT2D eigenvalue weighted by molar-refractivity contribution is 6.45. The van der Waals surface area contributed by atoms with Crippen LogP contribution in [0, 0.1) is 12.8 Å². The number of fused-ring (bicyclic) bond motifs is 1. The Bertz CT molecular complexity index is 1790. The zero-order chi connectivity index (χ0) is 32.7. The molecule has 0 radical (unpaired) electrons. The lowest BCUT2D eigenvalue weighted by atomic mass is 10.1. The minimum Gasteiger partial charge on any atom is -0.478 e. The van der Waals surface area contributed by atoms with E-state index in [1.807, 2.05) is 6.07 Å². The number of para-hydroxylation sites is 1. The van der Waals surface area contributed by atoms with Crippen molar-refractivity contribution >= 4 is 57.8 Å². The summed E-state index contributed by atoms with van der Waals surface area (Å²) in [4.78, 5) is 80.4. The molecular formula is C32H27N5O8. The molecule has 5 N–H and O–H groups in total. The van der Waals surface area contributed by atoms with E-state index in [-0.39, 0.29) is 60.2 Å². The molecule has 1 aliphatic heterocycles. The van der Waals surface area contributed by atoms with Gasteiger partial charge in [-0.1, -0.05) is 30.3 Å². The number of piperazine rings is 1. The Morgan fingerprint density at radius 2 is 1.31 bits per heavy atom. The third-order valence-electron chi connectivity index (χ3n) is 6.96. The van der Waals surface area contributed by atoms with Crippen LogP contribution in [-0.2, 0) is 4.79 Å². The van der Waals surface area contributed by atoms with Crippen LogP contribution in [0.2, 0.25) is 0 Å². The number of nitrogens with zero attached hydrogens (tertiary/aromatic N) is 2. The fraction of sp³-hybridized carbons (Fsp3) is 0.125. The van der Waals surface area contributed by atoms with E-state index in [1.165, 1.54) is 11.1 Å². The molecule has 4 amide bonds. The third-order valence-corrected chi connectivity index (χ3v) is 6.96. The van der Waals surface area contributed by atoms with Crippen LogP contribution in [0.25, 0.3) is 10.9 Å². The normalized spacial score (nSPS) is 12.4. The second-order valence-corrected chi connectivity index (χ2v) is 9.70. The number of Topliss-reactive ketones (excluding diaryl/α,β-unsaturated/α-hetero) is 1. The van der Waals surface area contributed by atoms with Gasteiger partial charge in [0.25, 0.3) is 17.6 Å². The van der Waals surface area contributed by atoms with Gasteiger partial charge in [-0.3, -0.25) is 14.4 Å². The van der Waals surface area contributed by atoms with Crippen LogP contribution in [0.5, 0.6) is 0 Å². The fourth-order valence-electron chi connectivity index (χ4n) is 4.81. The maximum atomic E-state index is 13.2. The number of anilines is 2. The van der Waals surface area contributed by atoms with E-state index < -0.39 is 29.7 Å². The molecule has 2 heterocycles. The van der Waals surface area contributed by atoms with Crippen molar-refractivity contribution in [3.8, 4) is 12.8 Å². The van der Waals surface area contributed by atoms with Crippen molar-refractivity contribution in [2.75, 3.05) is 36.8 Å². The summed E-state index contributed by atoms with van der Waals surface area (Å²) in [7, 11) is 0. The highest BCUT2D eigenvalue weighted by Crippen LogP contribution is 2.27. The minimum atomic E-state index is -1.36. The van der Waals surface area contributed by atoms with Gasteiger partial charge in [-0.2, -0.15) is 0 Å². The molecule has 13 nitrogen and oxygen atoms in total. The molecule has 1 fully saturated rings. The summed E-state index contributed by atoms with van der Waals surface area (Å²) in [5.41, 5.74) is 0.569. The lowest BCUT2D eigenvalue weighted by Gasteiger charge is -2.34. The molecule has 5 rings (SSSR count). The smallest absolute Gasteiger partial charge is 0.335 e. The number of nitrogens with one attached hydrogen (secondary N) is 3. The largest absolute Gasteiger partial charge is 0.478 e. The third kappa shape index (κ3) is 6.98. The topological polar surface area (TPSA) is 189 Å². The molecule has 3 aromatic carbocycles. The number of benzene rings is 3. The average Bonchev–Trinajstić information content (AvgIpc) is 3.50. The summed E-state index contributed by atoms with van der Waals surface area (Å²) in [6, 6.07) is 16.0. The summed E-state index contributed by atoms with van der Waals surface area (Å²) in [6.45, 7) is 0.969. The summed E-state index contributed by atoms with van der Waals surface area (Å²) in [5.74, 6) is -4.33. The molecule has 0 saturated carbocycles. The van der Waals surface area contributed by atoms with Crippen molar-refractivity contribution in [3.63, 3.8) is 0 Å². The van der Waals surface area contributed by atoms with Gasteiger partial charge in [0.15, 0.2) is 0 Å². The monoisotopic (exact) mass is 609 g/mol. The number of carbonyl (C=O) groups is 6. The molecule has 1 aliphatic rings. The van der Waals surface area contributed by atoms with E-state index in [4.69, 9.17) is 0 Å². The first-order valence-corrected chi connectivity index (χ1v) is 13.4. The molecule has 13 heteroatoms. The SMILES string of the molecule is C#C.O=C(Nc1cc(C(=O)O)cc(C(=O)O)c1)Nc1cccc2c(C(=O)C(=O)N3CCN(C(=O)c4ccccc4)CC3)c[nH]c12. The summed E-state index contributed by atoms with van der Waals surface area (Å²) in [6.07, 6.45) is 9.37. The van der Waals surface area contributed by atoms with Gasteiger partial charge < -0.3 is 35.6 Å². The Morgan fingerprint density at radius 3 is 1.91 bits per heavy atom. The first kappa shape index (κ1) is 31.5. The second-order valence-electron chi connectivity index (χ2n) is 9.70. The Hall–Kier alpha value is -6.42. The van der Waals surface area contributed by atoms with Gasteiger partial charge in [0.2, 0.25) is 0 Å². The molecule has 0 unspecified atom stereocenters. The number of hydrogen-bond donors (Lipinski definition) is 5. The molecule has 228 valence electrons. The van der Waals surface area contributed by atoms with Crippen LogP contribution in [0.4, 0.5) is 16.2 Å². The van der Waals surface area contributed by atoms with E-state index in [2.05, 4.69) is 28.5 Å². The molecule has 4 aromatic rings. The average molecular weight is 610 g/mol. The van der Waals surface area contributed by atoms with Gasteiger partial charge in [-0.15, -0.1) is 12.8 Å². The van der Waals surface area contributed by atoms with E-state index in [1.54, 1.807) is 47.4 Å². The van der Waals surface area contributed by atoms with E-state index in [0.717, 1.165) is 18.2 Å². The van der Waals surface area contributed by atoms with E-state index >= 15 is 0 Å². The lowest BCUT2D eigenvalue weighted by Crippen LogP contribution is -2.52. The van der Waals surface area contributed by atoms with Crippen LogP contribution in [0.3, 0.4) is 0 Å². The predicted octanol–water partition coefficient (Wildman–Crippen LogP) is 3.63. The van der Waals surface area contributed by atoms with Crippen molar-refractivity contribution in [1.29, 1.82) is 0 Å². The number of aromatic amines is 1.